The maximum absolute atomic E-state index is 11.0. The van der Waals surface area contributed by atoms with Crippen LogP contribution in [0.1, 0.15) is 19.8 Å². The fourth-order valence-electron chi connectivity index (χ4n) is 0.895. The molecule has 1 saturated heterocycles. The monoisotopic (exact) mass is 158 g/mol. The van der Waals surface area contributed by atoms with E-state index in [1.54, 1.807) is 0 Å². The van der Waals surface area contributed by atoms with Gasteiger partial charge in [-0.3, -0.25) is 4.79 Å². The lowest BCUT2D eigenvalue weighted by atomic mass is 10.1. The van der Waals surface area contributed by atoms with Gasteiger partial charge in [0.25, 0.3) is 0 Å². The molecule has 3 heteroatoms. The van der Waals surface area contributed by atoms with Crippen LogP contribution >= 0.6 is 11.8 Å². The third-order valence-corrected chi connectivity index (χ3v) is 2.66. The zero-order chi connectivity index (χ0) is 7.56. The molecule has 1 aliphatic rings. The average molecular weight is 158 g/mol. The SMILES string of the molecule is CC1CCC(=CO)C(=O)S1. The van der Waals surface area contributed by atoms with E-state index < -0.39 is 0 Å². The van der Waals surface area contributed by atoms with Gasteiger partial charge in [-0.1, -0.05) is 18.7 Å². The summed E-state index contributed by atoms with van der Waals surface area (Å²) in [5, 5.41) is 8.99. The highest BCUT2D eigenvalue weighted by Gasteiger charge is 2.20. The van der Waals surface area contributed by atoms with Crippen LogP contribution in [0.4, 0.5) is 0 Å². The van der Waals surface area contributed by atoms with E-state index >= 15 is 0 Å². The molecule has 0 saturated carbocycles. The lowest BCUT2D eigenvalue weighted by molar-refractivity contribution is -0.108. The number of rotatable bonds is 0. The fraction of sp³-hybridized carbons (Fsp3) is 0.571. The van der Waals surface area contributed by atoms with Crippen molar-refractivity contribution in [1.82, 2.24) is 0 Å². The van der Waals surface area contributed by atoms with Gasteiger partial charge in [0, 0.05) is 10.8 Å². The molecule has 0 aromatic heterocycles. The number of aliphatic hydroxyl groups is 1. The second-order valence-corrected chi connectivity index (χ2v) is 3.82. The van der Waals surface area contributed by atoms with Crippen molar-refractivity contribution in [3.63, 3.8) is 0 Å². The van der Waals surface area contributed by atoms with Crippen LogP contribution in [0.5, 0.6) is 0 Å². The Morgan fingerprint density at radius 2 is 2.50 bits per heavy atom. The largest absolute Gasteiger partial charge is 0.515 e. The summed E-state index contributed by atoms with van der Waals surface area (Å²) in [6, 6.07) is 0. The smallest absolute Gasteiger partial charge is 0.218 e. The van der Waals surface area contributed by atoms with E-state index in [4.69, 9.17) is 5.11 Å². The van der Waals surface area contributed by atoms with Gasteiger partial charge < -0.3 is 5.11 Å². The summed E-state index contributed by atoms with van der Waals surface area (Å²) in [7, 11) is 0. The summed E-state index contributed by atoms with van der Waals surface area (Å²) in [6.45, 7) is 2.02. The van der Waals surface area contributed by atoms with E-state index in [0.717, 1.165) is 19.1 Å². The van der Waals surface area contributed by atoms with Crippen molar-refractivity contribution < 1.29 is 9.90 Å². The number of hydrogen-bond acceptors (Lipinski definition) is 3. The topological polar surface area (TPSA) is 37.3 Å². The van der Waals surface area contributed by atoms with E-state index in [9.17, 15) is 4.79 Å². The van der Waals surface area contributed by atoms with E-state index in [-0.39, 0.29) is 5.12 Å². The van der Waals surface area contributed by atoms with Gasteiger partial charge in [-0.05, 0) is 12.8 Å². The third kappa shape index (κ3) is 1.53. The standard InChI is InChI=1S/C7H10O2S/c1-5-2-3-6(4-8)7(9)10-5/h4-5,8H,2-3H2,1H3. The van der Waals surface area contributed by atoms with Gasteiger partial charge in [-0.25, -0.2) is 0 Å². The van der Waals surface area contributed by atoms with Crippen LogP contribution in [0.15, 0.2) is 11.8 Å². The van der Waals surface area contributed by atoms with Gasteiger partial charge in [-0.2, -0.15) is 0 Å². The lowest BCUT2D eigenvalue weighted by Crippen LogP contribution is -2.12. The van der Waals surface area contributed by atoms with Gasteiger partial charge in [0.2, 0.25) is 5.12 Å². The Balaban J connectivity index is 2.61. The molecule has 1 heterocycles. The minimum Gasteiger partial charge on any atom is -0.515 e. The summed E-state index contributed by atoms with van der Waals surface area (Å²) in [6.07, 6.45) is 2.65. The molecule has 2 nitrogen and oxygen atoms in total. The summed E-state index contributed by atoms with van der Waals surface area (Å²) in [4.78, 5) is 11.0. The summed E-state index contributed by atoms with van der Waals surface area (Å²) >= 11 is 1.31. The second kappa shape index (κ2) is 3.10. The molecular formula is C7H10O2S. The summed E-state index contributed by atoms with van der Waals surface area (Å²) in [5.41, 5.74) is 0.558. The first-order chi connectivity index (χ1) is 4.74. The molecule has 0 spiro atoms. The number of aliphatic hydroxyl groups excluding tert-OH is 1. The van der Waals surface area contributed by atoms with Crippen molar-refractivity contribution in [2.24, 2.45) is 0 Å². The van der Waals surface area contributed by atoms with E-state index in [0.29, 0.717) is 10.8 Å². The summed E-state index contributed by atoms with van der Waals surface area (Å²) in [5.74, 6) is 0. The molecule has 0 aromatic carbocycles. The van der Waals surface area contributed by atoms with Gasteiger partial charge >= 0.3 is 0 Å². The van der Waals surface area contributed by atoms with Crippen LogP contribution in [-0.4, -0.2) is 15.5 Å². The Labute approximate surface area is 64.3 Å². The molecule has 0 radical (unpaired) electrons. The van der Waals surface area contributed by atoms with Crippen molar-refractivity contribution >= 4 is 16.9 Å². The first kappa shape index (κ1) is 7.66. The van der Waals surface area contributed by atoms with Gasteiger partial charge in [0.1, 0.15) is 0 Å². The van der Waals surface area contributed by atoms with Crippen LogP contribution in [0.3, 0.4) is 0 Å². The molecule has 1 N–H and O–H groups in total. The average Bonchev–Trinajstić information content (AvgIpc) is 1.88. The number of carbonyl (C=O) groups excluding carboxylic acids is 1. The molecule has 1 fully saturated rings. The number of carbonyl (C=O) groups is 1. The van der Waals surface area contributed by atoms with Crippen molar-refractivity contribution in [1.29, 1.82) is 0 Å². The Morgan fingerprint density at radius 3 is 3.00 bits per heavy atom. The number of hydrogen-bond donors (Lipinski definition) is 1. The maximum Gasteiger partial charge on any atom is 0.218 e. The highest BCUT2D eigenvalue weighted by atomic mass is 32.2. The van der Waals surface area contributed by atoms with Gasteiger partial charge in [0.15, 0.2) is 0 Å². The molecule has 0 amide bonds. The second-order valence-electron chi connectivity index (χ2n) is 2.41. The zero-order valence-electron chi connectivity index (χ0n) is 5.83. The highest BCUT2D eigenvalue weighted by Crippen LogP contribution is 2.29. The van der Waals surface area contributed by atoms with Gasteiger partial charge in [-0.15, -0.1) is 0 Å². The van der Waals surface area contributed by atoms with E-state index in [1.165, 1.54) is 11.8 Å². The lowest BCUT2D eigenvalue weighted by Gasteiger charge is -2.16. The molecule has 0 aromatic rings. The molecule has 1 atom stereocenters. The van der Waals surface area contributed by atoms with Gasteiger partial charge in [0.05, 0.1) is 6.26 Å². The van der Waals surface area contributed by atoms with Crippen LogP contribution < -0.4 is 0 Å². The highest BCUT2D eigenvalue weighted by molar-refractivity contribution is 8.14. The normalized spacial score (nSPS) is 31.1. The molecule has 56 valence electrons. The predicted octanol–water partition coefficient (Wildman–Crippen LogP) is 1.87. The molecule has 0 bridgehead atoms. The van der Waals surface area contributed by atoms with Crippen LogP contribution in [0.2, 0.25) is 0 Å². The molecule has 1 rings (SSSR count). The van der Waals surface area contributed by atoms with Crippen molar-refractivity contribution in [2.45, 2.75) is 25.0 Å². The van der Waals surface area contributed by atoms with E-state index in [1.807, 2.05) is 6.92 Å². The predicted molar refractivity (Wildman–Crippen MR) is 42.0 cm³/mol. The molecular weight excluding hydrogens is 148 g/mol. The maximum atomic E-state index is 11.0. The van der Waals surface area contributed by atoms with Crippen LogP contribution in [0, 0.1) is 0 Å². The first-order valence-electron chi connectivity index (χ1n) is 3.28. The van der Waals surface area contributed by atoms with Crippen LogP contribution in [0.25, 0.3) is 0 Å². The van der Waals surface area contributed by atoms with E-state index in [2.05, 4.69) is 0 Å². The molecule has 1 aliphatic heterocycles. The summed E-state index contributed by atoms with van der Waals surface area (Å²) < 4.78 is 0. The molecule has 0 aliphatic carbocycles. The van der Waals surface area contributed by atoms with Crippen molar-refractivity contribution in [3.8, 4) is 0 Å². The minimum absolute atomic E-state index is 0.0289. The Kier molecular flexibility index (Phi) is 2.38. The Hall–Kier alpha value is -0.440. The van der Waals surface area contributed by atoms with Crippen molar-refractivity contribution in [3.05, 3.63) is 11.8 Å². The first-order valence-corrected chi connectivity index (χ1v) is 4.16. The number of thioether (sulfide) groups is 1. The zero-order valence-corrected chi connectivity index (χ0v) is 6.65. The quantitative estimate of drug-likeness (QED) is 0.432. The van der Waals surface area contributed by atoms with Crippen molar-refractivity contribution in [2.75, 3.05) is 0 Å². The Bertz CT molecular complexity index is 174. The Morgan fingerprint density at radius 1 is 1.80 bits per heavy atom. The minimum atomic E-state index is 0.0289. The fourth-order valence-corrected chi connectivity index (χ4v) is 1.80. The molecule has 1 unspecified atom stereocenters. The molecule has 10 heavy (non-hydrogen) atoms. The van der Waals surface area contributed by atoms with Crippen LogP contribution in [-0.2, 0) is 4.79 Å². The third-order valence-electron chi connectivity index (χ3n) is 1.55.